The van der Waals surface area contributed by atoms with Crippen molar-refractivity contribution in [2.45, 2.75) is 25.2 Å². The molecule has 0 aromatic carbocycles. The molecular weight excluding hydrogens is 222 g/mol. The second-order valence-corrected chi connectivity index (χ2v) is 4.13. The van der Waals surface area contributed by atoms with Crippen LogP contribution in [-0.2, 0) is 4.74 Å². The molecule has 1 saturated heterocycles. The SMILES string of the molecule is O=c1ccn(C2CCC(CO)O2)c2nccn12. The van der Waals surface area contributed by atoms with Crippen molar-refractivity contribution in [3.05, 3.63) is 35.0 Å². The summed E-state index contributed by atoms with van der Waals surface area (Å²) in [6.45, 7) is 0.0292. The topological polar surface area (TPSA) is 68.8 Å². The van der Waals surface area contributed by atoms with E-state index in [1.807, 2.05) is 4.57 Å². The Morgan fingerprint density at radius 2 is 2.35 bits per heavy atom. The van der Waals surface area contributed by atoms with Crippen LogP contribution in [0.5, 0.6) is 0 Å². The van der Waals surface area contributed by atoms with Gasteiger partial charge in [-0.25, -0.2) is 4.98 Å². The maximum atomic E-state index is 11.6. The largest absolute Gasteiger partial charge is 0.394 e. The van der Waals surface area contributed by atoms with Crippen molar-refractivity contribution in [3.63, 3.8) is 0 Å². The molecule has 1 N–H and O–H groups in total. The minimum Gasteiger partial charge on any atom is -0.394 e. The second-order valence-electron chi connectivity index (χ2n) is 4.13. The van der Waals surface area contributed by atoms with Crippen molar-refractivity contribution in [2.24, 2.45) is 0 Å². The van der Waals surface area contributed by atoms with Gasteiger partial charge in [-0.15, -0.1) is 0 Å². The Bertz CT molecular complexity index is 589. The molecule has 2 aromatic rings. The first-order valence-corrected chi connectivity index (χ1v) is 5.60. The van der Waals surface area contributed by atoms with Crippen LogP contribution >= 0.6 is 0 Å². The molecule has 0 radical (unpaired) electrons. The monoisotopic (exact) mass is 235 g/mol. The van der Waals surface area contributed by atoms with Crippen molar-refractivity contribution >= 4 is 5.78 Å². The fraction of sp³-hybridized carbons (Fsp3) is 0.455. The molecule has 2 aromatic heterocycles. The number of hydrogen-bond acceptors (Lipinski definition) is 4. The van der Waals surface area contributed by atoms with Gasteiger partial charge in [-0.3, -0.25) is 13.8 Å². The lowest BCUT2D eigenvalue weighted by atomic mass is 10.2. The molecule has 1 fully saturated rings. The van der Waals surface area contributed by atoms with Crippen molar-refractivity contribution in [1.29, 1.82) is 0 Å². The summed E-state index contributed by atoms with van der Waals surface area (Å²) in [7, 11) is 0. The van der Waals surface area contributed by atoms with Crippen LogP contribution in [0.25, 0.3) is 5.78 Å². The lowest BCUT2D eigenvalue weighted by Gasteiger charge is -2.16. The Labute approximate surface area is 97.1 Å². The van der Waals surface area contributed by atoms with E-state index in [9.17, 15) is 4.79 Å². The lowest BCUT2D eigenvalue weighted by Crippen LogP contribution is -2.20. The van der Waals surface area contributed by atoms with Gasteiger partial charge >= 0.3 is 0 Å². The van der Waals surface area contributed by atoms with E-state index in [4.69, 9.17) is 9.84 Å². The van der Waals surface area contributed by atoms with Crippen LogP contribution in [0.3, 0.4) is 0 Å². The van der Waals surface area contributed by atoms with Gasteiger partial charge in [0.05, 0.1) is 12.7 Å². The average molecular weight is 235 g/mol. The number of nitrogens with zero attached hydrogens (tertiary/aromatic N) is 3. The van der Waals surface area contributed by atoms with Crippen LogP contribution in [0.15, 0.2) is 29.5 Å². The molecule has 0 aliphatic carbocycles. The van der Waals surface area contributed by atoms with Crippen molar-refractivity contribution < 1.29 is 9.84 Å². The average Bonchev–Trinajstić information content (AvgIpc) is 2.98. The number of aliphatic hydroxyl groups is 1. The molecule has 0 amide bonds. The van der Waals surface area contributed by atoms with Crippen LogP contribution in [0.1, 0.15) is 19.1 Å². The Kier molecular flexibility index (Phi) is 2.45. The predicted octanol–water partition coefficient (Wildman–Crippen LogP) is 0.166. The molecule has 1 aliphatic heterocycles. The Morgan fingerprint density at radius 1 is 1.47 bits per heavy atom. The highest BCUT2D eigenvalue weighted by molar-refractivity contribution is 5.29. The van der Waals surface area contributed by atoms with Crippen molar-refractivity contribution in [2.75, 3.05) is 6.61 Å². The highest BCUT2D eigenvalue weighted by Crippen LogP contribution is 2.28. The molecule has 6 heteroatoms. The van der Waals surface area contributed by atoms with Crippen molar-refractivity contribution in [1.82, 2.24) is 14.0 Å². The third-order valence-electron chi connectivity index (χ3n) is 3.07. The van der Waals surface area contributed by atoms with E-state index in [0.29, 0.717) is 5.78 Å². The maximum Gasteiger partial charge on any atom is 0.258 e. The van der Waals surface area contributed by atoms with Crippen molar-refractivity contribution in [3.8, 4) is 0 Å². The number of imidazole rings is 1. The van der Waals surface area contributed by atoms with Gasteiger partial charge in [0.1, 0.15) is 6.23 Å². The Morgan fingerprint density at radius 3 is 3.12 bits per heavy atom. The van der Waals surface area contributed by atoms with Gasteiger partial charge in [0.25, 0.3) is 5.56 Å². The van der Waals surface area contributed by atoms with Crippen LogP contribution in [-0.4, -0.2) is 31.8 Å². The quantitative estimate of drug-likeness (QED) is 0.805. The van der Waals surface area contributed by atoms with E-state index in [0.717, 1.165) is 12.8 Å². The van der Waals surface area contributed by atoms with Gasteiger partial charge in [0.2, 0.25) is 5.78 Å². The minimum atomic E-state index is -0.155. The highest BCUT2D eigenvalue weighted by atomic mass is 16.5. The molecule has 6 nitrogen and oxygen atoms in total. The normalized spacial score (nSPS) is 24.5. The van der Waals surface area contributed by atoms with Gasteiger partial charge in [0.15, 0.2) is 0 Å². The molecule has 0 saturated carbocycles. The van der Waals surface area contributed by atoms with Gasteiger partial charge in [-0.05, 0) is 12.8 Å². The summed E-state index contributed by atoms with van der Waals surface area (Å²) < 4.78 is 8.98. The van der Waals surface area contributed by atoms with Crippen LogP contribution < -0.4 is 5.56 Å². The third-order valence-corrected chi connectivity index (χ3v) is 3.07. The fourth-order valence-corrected chi connectivity index (χ4v) is 2.20. The zero-order valence-electron chi connectivity index (χ0n) is 9.19. The van der Waals surface area contributed by atoms with E-state index in [-0.39, 0.29) is 24.5 Å². The summed E-state index contributed by atoms with van der Waals surface area (Å²) in [5, 5.41) is 9.04. The number of rotatable bonds is 2. The first kappa shape index (κ1) is 10.5. The molecule has 2 unspecified atom stereocenters. The van der Waals surface area contributed by atoms with Crippen LogP contribution in [0.4, 0.5) is 0 Å². The summed E-state index contributed by atoms with van der Waals surface area (Å²) >= 11 is 0. The summed E-state index contributed by atoms with van der Waals surface area (Å²) in [6, 6.07) is 1.49. The standard InChI is InChI=1S/C11H13N3O3/c15-7-8-1-2-10(17-8)14-5-3-9(16)13-6-4-12-11(13)14/h3-6,8,10,15H,1-2,7H2. The number of hydrogen-bond donors (Lipinski definition) is 1. The molecule has 3 heterocycles. The number of aliphatic hydroxyl groups excluding tert-OH is 1. The lowest BCUT2D eigenvalue weighted by molar-refractivity contribution is -0.0212. The molecule has 0 bridgehead atoms. The summed E-state index contributed by atoms with van der Waals surface area (Å²) in [4.78, 5) is 15.7. The van der Waals surface area contributed by atoms with E-state index < -0.39 is 0 Å². The highest BCUT2D eigenvalue weighted by Gasteiger charge is 2.26. The third kappa shape index (κ3) is 1.65. The van der Waals surface area contributed by atoms with Gasteiger partial charge in [-0.2, -0.15) is 0 Å². The fourth-order valence-electron chi connectivity index (χ4n) is 2.20. The zero-order chi connectivity index (χ0) is 11.8. The van der Waals surface area contributed by atoms with Gasteiger partial charge < -0.3 is 9.84 Å². The van der Waals surface area contributed by atoms with Crippen LogP contribution in [0, 0.1) is 0 Å². The number of aromatic nitrogens is 3. The second kappa shape index (κ2) is 3.97. The summed E-state index contributed by atoms with van der Waals surface area (Å²) in [5.74, 6) is 0.570. The molecule has 2 atom stereocenters. The first-order chi connectivity index (χ1) is 8.29. The first-order valence-electron chi connectivity index (χ1n) is 5.60. The van der Waals surface area contributed by atoms with E-state index in [1.165, 1.54) is 10.5 Å². The summed E-state index contributed by atoms with van der Waals surface area (Å²) in [6.07, 6.45) is 6.27. The molecule has 90 valence electrons. The molecular formula is C11H13N3O3. The van der Waals surface area contributed by atoms with E-state index >= 15 is 0 Å². The number of fused-ring (bicyclic) bond motifs is 1. The van der Waals surface area contributed by atoms with E-state index in [1.54, 1.807) is 18.6 Å². The molecule has 17 heavy (non-hydrogen) atoms. The van der Waals surface area contributed by atoms with Gasteiger partial charge in [-0.1, -0.05) is 0 Å². The number of ether oxygens (including phenoxy) is 1. The summed E-state index contributed by atoms with van der Waals surface area (Å²) in [5.41, 5.74) is -0.106. The zero-order valence-corrected chi connectivity index (χ0v) is 9.19. The predicted molar refractivity (Wildman–Crippen MR) is 59.7 cm³/mol. The van der Waals surface area contributed by atoms with Crippen LogP contribution in [0.2, 0.25) is 0 Å². The minimum absolute atomic E-state index is 0.0292. The Balaban J connectivity index is 2.04. The van der Waals surface area contributed by atoms with Gasteiger partial charge in [0, 0.05) is 24.7 Å². The maximum absolute atomic E-state index is 11.6. The Hall–Kier alpha value is -1.66. The smallest absolute Gasteiger partial charge is 0.258 e. The molecule has 1 aliphatic rings. The molecule has 3 rings (SSSR count). The molecule has 0 spiro atoms. The van der Waals surface area contributed by atoms with E-state index in [2.05, 4.69) is 4.98 Å².